The van der Waals surface area contributed by atoms with Crippen LogP contribution in [0.2, 0.25) is 0 Å². The van der Waals surface area contributed by atoms with Crippen molar-refractivity contribution < 1.29 is 38.5 Å². The SMILES string of the molecule is CCOC(=O)[C@H](C)N1C(=O)S/C(=C/c2cc(OCC)c(OCC(=O)O)cc2Br)C1=O. The lowest BCUT2D eigenvalue weighted by Crippen LogP contribution is -2.42. The maximum atomic E-state index is 12.7. The summed E-state index contributed by atoms with van der Waals surface area (Å²) in [6.07, 6.45) is 1.48. The Morgan fingerprint density at radius 2 is 1.87 bits per heavy atom. The van der Waals surface area contributed by atoms with Gasteiger partial charge in [-0.15, -0.1) is 0 Å². The molecule has 0 saturated carbocycles. The van der Waals surface area contributed by atoms with Crippen LogP contribution in [0.1, 0.15) is 26.3 Å². The van der Waals surface area contributed by atoms with E-state index in [1.54, 1.807) is 19.9 Å². The molecule has 1 aromatic rings. The maximum Gasteiger partial charge on any atom is 0.341 e. The highest BCUT2D eigenvalue weighted by Gasteiger charge is 2.41. The first-order valence-electron chi connectivity index (χ1n) is 8.94. The monoisotopic (exact) mass is 501 g/mol. The molecule has 1 aliphatic rings. The molecule has 30 heavy (non-hydrogen) atoms. The van der Waals surface area contributed by atoms with Crippen LogP contribution in [0.25, 0.3) is 6.08 Å². The number of carboxylic acid groups (broad SMARTS) is 1. The molecule has 1 N–H and O–H groups in total. The minimum Gasteiger partial charge on any atom is -0.490 e. The Bertz CT molecular complexity index is 901. The van der Waals surface area contributed by atoms with Gasteiger partial charge >= 0.3 is 11.9 Å². The van der Waals surface area contributed by atoms with E-state index in [-0.39, 0.29) is 23.0 Å². The highest BCUT2D eigenvalue weighted by molar-refractivity contribution is 9.10. The second-order valence-corrected chi connectivity index (χ2v) is 7.76. The fraction of sp³-hybridized carbons (Fsp3) is 0.368. The third kappa shape index (κ3) is 5.54. The van der Waals surface area contributed by atoms with Crippen LogP contribution in [0.3, 0.4) is 0 Å². The summed E-state index contributed by atoms with van der Waals surface area (Å²) in [7, 11) is 0. The van der Waals surface area contributed by atoms with Crippen molar-refractivity contribution in [3.8, 4) is 11.5 Å². The first kappa shape index (κ1) is 23.7. The van der Waals surface area contributed by atoms with E-state index in [0.717, 1.165) is 4.90 Å². The van der Waals surface area contributed by atoms with Gasteiger partial charge in [-0.3, -0.25) is 14.5 Å². The zero-order valence-corrected chi connectivity index (χ0v) is 18.9. The van der Waals surface area contributed by atoms with Crippen molar-refractivity contribution in [3.05, 3.63) is 27.1 Å². The van der Waals surface area contributed by atoms with Crippen LogP contribution in [0.4, 0.5) is 4.79 Å². The number of aliphatic carboxylic acids is 1. The highest BCUT2D eigenvalue weighted by Crippen LogP contribution is 2.38. The molecule has 1 fully saturated rings. The summed E-state index contributed by atoms with van der Waals surface area (Å²) < 4.78 is 16.1. The number of carbonyl (C=O) groups excluding carboxylic acids is 3. The number of ether oxygens (including phenoxy) is 3. The van der Waals surface area contributed by atoms with E-state index in [4.69, 9.17) is 19.3 Å². The third-order valence-electron chi connectivity index (χ3n) is 3.84. The Kier molecular flexibility index (Phi) is 8.30. The fourth-order valence-electron chi connectivity index (χ4n) is 2.51. The van der Waals surface area contributed by atoms with Gasteiger partial charge in [-0.05, 0) is 56.3 Å². The summed E-state index contributed by atoms with van der Waals surface area (Å²) in [5.74, 6) is -1.91. The zero-order chi connectivity index (χ0) is 22.4. The minimum atomic E-state index is -1.14. The summed E-state index contributed by atoms with van der Waals surface area (Å²) in [5.41, 5.74) is 0.510. The molecule has 0 unspecified atom stereocenters. The number of imide groups is 1. The molecule has 0 bridgehead atoms. The molecule has 2 amide bonds. The largest absolute Gasteiger partial charge is 0.490 e. The van der Waals surface area contributed by atoms with Crippen LogP contribution in [0, 0.1) is 0 Å². The van der Waals surface area contributed by atoms with Gasteiger partial charge in [0.1, 0.15) is 6.04 Å². The second-order valence-electron chi connectivity index (χ2n) is 5.92. The van der Waals surface area contributed by atoms with E-state index in [2.05, 4.69) is 15.9 Å². The van der Waals surface area contributed by atoms with E-state index in [9.17, 15) is 19.2 Å². The number of rotatable bonds is 9. The number of hydrogen-bond donors (Lipinski definition) is 1. The van der Waals surface area contributed by atoms with Crippen LogP contribution < -0.4 is 9.47 Å². The fourth-order valence-corrected chi connectivity index (χ4v) is 3.84. The van der Waals surface area contributed by atoms with Crippen molar-refractivity contribution in [1.29, 1.82) is 0 Å². The Hall–Kier alpha value is -2.53. The topological polar surface area (TPSA) is 119 Å². The molecule has 1 aliphatic heterocycles. The van der Waals surface area contributed by atoms with Crippen molar-refractivity contribution in [2.75, 3.05) is 19.8 Å². The third-order valence-corrected chi connectivity index (χ3v) is 5.41. The van der Waals surface area contributed by atoms with Crippen LogP contribution >= 0.6 is 27.7 Å². The molecule has 1 aromatic carbocycles. The second kappa shape index (κ2) is 10.5. The lowest BCUT2D eigenvalue weighted by Gasteiger charge is -2.19. The van der Waals surface area contributed by atoms with Gasteiger partial charge in [0.15, 0.2) is 18.1 Å². The molecular weight excluding hydrogens is 482 g/mol. The Balaban J connectivity index is 2.34. The summed E-state index contributed by atoms with van der Waals surface area (Å²) in [5, 5.41) is 8.23. The normalized spacial score (nSPS) is 16.0. The minimum absolute atomic E-state index is 0.124. The number of esters is 1. The number of halogens is 1. The predicted molar refractivity (Wildman–Crippen MR) is 112 cm³/mol. The summed E-state index contributed by atoms with van der Waals surface area (Å²) in [6.45, 7) is 4.71. The van der Waals surface area contributed by atoms with Gasteiger partial charge in [-0.25, -0.2) is 9.59 Å². The van der Waals surface area contributed by atoms with Crippen LogP contribution in [-0.2, 0) is 19.1 Å². The van der Waals surface area contributed by atoms with Gasteiger partial charge in [0, 0.05) is 4.47 Å². The summed E-state index contributed by atoms with van der Waals surface area (Å²) in [4.78, 5) is 48.7. The number of amides is 2. The number of carboxylic acids is 1. The quantitative estimate of drug-likeness (QED) is 0.401. The molecule has 11 heteroatoms. The van der Waals surface area contributed by atoms with E-state index >= 15 is 0 Å². The van der Waals surface area contributed by atoms with Gasteiger partial charge < -0.3 is 19.3 Å². The lowest BCUT2D eigenvalue weighted by atomic mass is 10.1. The highest BCUT2D eigenvalue weighted by atomic mass is 79.9. The number of nitrogens with zero attached hydrogens (tertiary/aromatic N) is 1. The van der Waals surface area contributed by atoms with Crippen molar-refractivity contribution in [2.24, 2.45) is 0 Å². The number of carbonyl (C=O) groups is 4. The first-order chi connectivity index (χ1) is 14.2. The molecule has 162 valence electrons. The van der Waals surface area contributed by atoms with E-state index in [1.807, 2.05) is 0 Å². The summed E-state index contributed by atoms with van der Waals surface area (Å²) >= 11 is 4.06. The molecule has 1 atom stereocenters. The van der Waals surface area contributed by atoms with Crippen LogP contribution in [-0.4, -0.2) is 59.0 Å². The van der Waals surface area contributed by atoms with Gasteiger partial charge in [0.05, 0.1) is 18.1 Å². The van der Waals surface area contributed by atoms with Crippen molar-refractivity contribution in [2.45, 2.75) is 26.8 Å². The molecule has 1 heterocycles. The Labute approximate surface area is 185 Å². The maximum absolute atomic E-state index is 12.7. The molecule has 0 aliphatic carbocycles. The molecule has 0 radical (unpaired) electrons. The van der Waals surface area contributed by atoms with E-state index in [1.165, 1.54) is 19.1 Å². The first-order valence-corrected chi connectivity index (χ1v) is 10.5. The average Bonchev–Trinajstić information content (AvgIpc) is 2.95. The van der Waals surface area contributed by atoms with Crippen LogP contribution in [0.15, 0.2) is 21.5 Å². The van der Waals surface area contributed by atoms with Crippen LogP contribution in [0.5, 0.6) is 11.5 Å². The Morgan fingerprint density at radius 3 is 2.47 bits per heavy atom. The van der Waals surface area contributed by atoms with Gasteiger partial charge in [-0.2, -0.15) is 0 Å². The van der Waals surface area contributed by atoms with E-state index in [0.29, 0.717) is 28.4 Å². The van der Waals surface area contributed by atoms with Crippen molar-refractivity contribution in [1.82, 2.24) is 4.90 Å². The number of thioether (sulfide) groups is 1. The van der Waals surface area contributed by atoms with Gasteiger partial charge in [0.25, 0.3) is 11.1 Å². The van der Waals surface area contributed by atoms with Gasteiger partial charge in [0.2, 0.25) is 0 Å². The molecule has 1 saturated heterocycles. The molecule has 9 nitrogen and oxygen atoms in total. The predicted octanol–water partition coefficient (Wildman–Crippen LogP) is 3.30. The van der Waals surface area contributed by atoms with Crippen molar-refractivity contribution >= 4 is 56.9 Å². The van der Waals surface area contributed by atoms with Gasteiger partial charge in [-0.1, -0.05) is 15.9 Å². The lowest BCUT2D eigenvalue weighted by molar-refractivity contribution is -0.150. The molecule has 0 spiro atoms. The molecular formula is C19H20BrNO8S. The van der Waals surface area contributed by atoms with Crippen molar-refractivity contribution in [3.63, 3.8) is 0 Å². The summed E-state index contributed by atoms with van der Waals surface area (Å²) in [6, 6.07) is 2.04. The number of benzene rings is 1. The standard InChI is InChI=1S/C19H20BrNO8S/c1-4-27-13-6-11(12(20)8-14(13)29-9-16(22)23)7-15-17(24)21(19(26)30-15)10(3)18(25)28-5-2/h6-8,10H,4-5,9H2,1-3H3,(H,22,23)/b15-7+/t10-/m0/s1. The smallest absolute Gasteiger partial charge is 0.341 e. The molecule has 0 aromatic heterocycles. The number of hydrogen-bond acceptors (Lipinski definition) is 8. The average molecular weight is 502 g/mol. The van der Waals surface area contributed by atoms with E-state index < -0.39 is 35.7 Å². The Morgan fingerprint density at radius 1 is 1.20 bits per heavy atom. The zero-order valence-electron chi connectivity index (χ0n) is 16.5. The molecule has 2 rings (SSSR count).